The minimum Gasteiger partial charge on any atom is -0.260 e. The zero-order valence-electron chi connectivity index (χ0n) is 7.80. The Morgan fingerprint density at radius 3 is 2.85 bits per heavy atom. The SMILES string of the molecule is CCC(Cl)C(C)c1ncccc1Br. The van der Waals surface area contributed by atoms with Crippen molar-refractivity contribution in [3.63, 3.8) is 0 Å². The van der Waals surface area contributed by atoms with E-state index >= 15 is 0 Å². The Kier molecular flexibility index (Phi) is 4.20. The van der Waals surface area contributed by atoms with Crippen LogP contribution in [0.4, 0.5) is 0 Å². The highest BCUT2D eigenvalue weighted by Gasteiger charge is 2.17. The van der Waals surface area contributed by atoms with Gasteiger partial charge in [0.15, 0.2) is 0 Å². The molecule has 1 aromatic heterocycles. The second-order valence-corrected chi connectivity index (χ2v) is 4.50. The van der Waals surface area contributed by atoms with Gasteiger partial charge >= 0.3 is 0 Å². The minimum absolute atomic E-state index is 0.159. The van der Waals surface area contributed by atoms with Crippen molar-refractivity contribution in [2.45, 2.75) is 31.6 Å². The molecule has 2 atom stereocenters. The lowest BCUT2D eigenvalue weighted by molar-refractivity contribution is 0.654. The summed E-state index contributed by atoms with van der Waals surface area (Å²) < 4.78 is 1.04. The van der Waals surface area contributed by atoms with Gasteiger partial charge in [0.05, 0.1) is 5.69 Å². The molecule has 1 aromatic rings. The van der Waals surface area contributed by atoms with E-state index in [4.69, 9.17) is 11.6 Å². The quantitative estimate of drug-likeness (QED) is 0.751. The van der Waals surface area contributed by atoms with Crippen LogP contribution < -0.4 is 0 Å². The maximum absolute atomic E-state index is 6.16. The Hall–Kier alpha value is -0.0800. The zero-order chi connectivity index (χ0) is 9.84. The van der Waals surface area contributed by atoms with Crippen LogP contribution in [0.15, 0.2) is 22.8 Å². The Balaban J connectivity index is 2.88. The molecule has 0 aliphatic carbocycles. The highest BCUT2D eigenvalue weighted by Crippen LogP contribution is 2.28. The summed E-state index contributed by atoms with van der Waals surface area (Å²) in [7, 11) is 0. The fraction of sp³-hybridized carbons (Fsp3) is 0.500. The number of nitrogens with zero attached hydrogens (tertiary/aromatic N) is 1. The molecule has 3 heteroatoms. The second kappa shape index (κ2) is 4.97. The summed E-state index contributed by atoms with van der Waals surface area (Å²) in [4.78, 5) is 4.32. The van der Waals surface area contributed by atoms with Gasteiger partial charge in [-0.15, -0.1) is 11.6 Å². The van der Waals surface area contributed by atoms with Crippen molar-refractivity contribution >= 4 is 27.5 Å². The third-order valence-corrected chi connectivity index (χ3v) is 3.51. The normalized spacial score (nSPS) is 15.4. The molecular weight excluding hydrogens is 249 g/mol. The largest absolute Gasteiger partial charge is 0.260 e. The summed E-state index contributed by atoms with van der Waals surface area (Å²) >= 11 is 9.63. The molecular formula is C10H13BrClN. The molecule has 0 aromatic carbocycles. The molecule has 0 aliphatic heterocycles. The summed E-state index contributed by atoms with van der Waals surface area (Å²) in [5.74, 6) is 0.294. The topological polar surface area (TPSA) is 12.9 Å². The molecule has 0 N–H and O–H groups in total. The Bertz CT molecular complexity index is 277. The molecule has 1 heterocycles. The fourth-order valence-electron chi connectivity index (χ4n) is 1.26. The van der Waals surface area contributed by atoms with Crippen LogP contribution >= 0.6 is 27.5 Å². The monoisotopic (exact) mass is 261 g/mol. The van der Waals surface area contributed by atoms with Gasteiger partial charge in [-0.05, 0) is 34.5 Å². The molecule has 13 heavy (non-hydrogen) atoms. The lowest BCUT2D eigenvalue weighted by atomic mass is 10.0. The van der Waals surface area contributed by atoms with Crippen LogP contribution in [0.2, 0.25) is 0 Å². The van der Waals surface area contributed by atoms with E-state index in [2.05, 4.69) is 34.8 Å². The first kappa shape index (κ1) is 11.0. The van der Waals surface area contributed by atoms with Crippen molar-refractivity contribution < 1.29 is 0 Å². The number of rotatable bonds is 3. The molecule has 0 saturated carbocycles. The van der Waals surface area contributed by atoms with Gasteiger partial charge < -0.3 is 0 Å². The van der Waals surface area contributed by atoms with Crippen LogP contribution in [0, 0.1) is 0 Å². The number of hydrogen-bond acceptors (Lipinski definition) is 1. The van der Waals surface area contributed by atoms with Crippen molar-refractivity contribution in [2.75, 3.05) is 0 Å². The highest BCUT2D eigenvalue weighted by molar-refractivity contribution is 9.10. The van der Waals surface area contributed by atoms with Gasteiger partial charge in [-0.1, -0.05) is 13.8 Å². The molecule has 1 rings (SSSR count). The molecule has 0 fully saturated rings. The summed E-state index contributed by atoms with van der Waals surface area (Å²) in [6, 6.07) is 3.91. The van der Waals surface area contributed by atoms with Crippen LogP contribution in [0.25, 0.3) is 0 Å². The van der Waals surface area contributed by atoms with Crippen LogP contribution in [-0.4, -0.2) is 10.4 Å². The van der Waals surface area contributed by atoms with Crippen LogP contribution in [-0.2, 0) is 0 Å². The minimum atomic E-state index is 0.159. The fourth-order valence-corrected chi connectivity index (χ4v) is 1.99. The van der Waals surface area contributed by atoms with Crippen molar-refractivity contribution in [1.29, 1.82) is 0 Å². The number of pyridine rings is 1. The second-order valence-electron chi connectivity index (χ2n) is 3.08. The predicted molar refractivity (Wildman–Crippen MR) is 60.3 cm³/mol. The van der Waals surface area contributed by atoms with Gasteiger partial charge in [0.1, 0.15) is 0 Å². The zero-order valence-corrected chi connectivity index (χ0v) is 10.1. The van der Waals surface area contributed by atoms with Gasteiger partial charge in [0.2, 0.25) is 0 Å². The maximum atomic E-state index is 6.16. The first-order valence-corrected chi connectivity index (χ1v) is 5.64. The molecule has 1 nitrogen and oxygen atoms in total. The van der Waals surface area contributed by atoms with Crippen molar-refractivity contribution in [2.24, 2.45) is 0 Å². The summed E-state index contributed by atoms with van der Waals surface area (Å²) in [5, 5.41) is 0.159. The van der Waals surface area contributed by atoms with Gasteiger partial charge in [0, 0.05) is 22.0 Å². The molecule has 0 radical (unpaired) electrons. The third kappa shape index (κ3) is 2.68. The van der Waals surface area contributed by atoms with Crippen LogP contribution in [0.1, 0.15) is 31.9 Å². The first-order chi connectivity index (χ1) is 6.16. The molecule has 2 unspecified atom stereocenters. The molecule has 0 amide bonds. The number of hydrogen-bond donors (Lipinski definition) is 0. The average molecular weight is 263 g/mol. The Morgan fingerprint density at radius 1 is 1.62 bits per heavy atom. The van der Waals surface area contributed by atoms with Gasteiger partial charge in [0.25, 0.3) is 0 Å². The maximum Gasteiger partial charge on any atom is 0.0588 e. The molecule has 72 valence electrons. The van der Waals surface area contributed by atoms with E-state index in [1.54, 1.807) is 6.20 Å². The number of alkyl halides is 1. The van der Waals surface area contributed by atoms with Crippen molar-refractivity contribution in [3.8, 4) is 0 Å². The van der Waals surface area contributed by atoms with E-state index in [9.17, 15) is 0 Å². The molecule has 0 bridgehead atoms. The molecule has 0 spiro atoms. The lowest BCUT2D eigenvalue weighted by Crippen LogP contribution is -2.10. The molecule has 0 aliphatic rings. The number of aromatic nitrogens is 1. The third-order valence-electron chi connectivity index (χ3n) is 2.15. The van der Waals surface area contributed by atoms with E-state index in [1.807, 2.05) is 12.1 Å². The van der Waals surface area contributed by atoms with E-state index in [0.717, 1.165) is 16.6 Å². The summed E-state index contributed by atoms with van der Waals surface area (Å²) in [6.07, 6.45) is 2.77. The summed E-state index contributed by atoms with van der Waals surface area (Å²) in [6.45, 7) is 4.19. The summed E-state index contributed by atoms with van der Waals surface area (Å²) in [5.41, 5.74) is 1.05. The van der Waals surface area contributed by atoms with E-state index in [-0.39, 0.29) is 5.38 Å². The first-order valence-electron chi connectivity index (χ1n) is 4.41. The Morgan fingerprint density at radius 2 is 2.31 bits per heavy atom. The molecule has 0 saturated heterocycles. The van der Waals surface area contributed by atoms with Gasteiger partial charge in [-0.3, -0.25) is 4.98 Å². The van der Waals surface area contributed by atoms with Crippen molar-refractivity contribution in [3.05, 3.63) is 28.5 Å². The predicted octanol–water partition coefficient (Wildman–Crippen LogP) is 3.97. The van der Waals surface area contributed by atoms with Gasteiger partial charge in [-0.25, -0.2) is 0 Å². The number of halogens is 2. The Labute approximate surface area is 92.6 Å². The van der Waals surface area contributed by atoms with Crippen LogP contribution in [0.3, 0.4) is 0 Å². The van der Waals surface area contributed by atoms with E-state index < -0.39 is 0 Å². The van der Waals surface area contributed by atoms with Gasteiger partial charge in [-0.2, -0.15) is 0 Å². The highest BCUT2D eigenvalue weighted by atomic mass is 79.9. The standard InChI is InChI=1S/C10H13BrClN/c1-3-9(12)7(2)10-8(11)5-4-6-13-10/h4-7,9H,3H2,1-2H3. The smallest absolute Gasteiger partial charge is 0.0588 e. The van der Waals surface area contributed by atoms with E-state index in [1.165, 1.54) is 0 Å². The van der Waals surface area contributed by atoms with E-state index in [0.29, 0.717) is 5.92 Å². The van der Waals surface area contributed by atoms with Crippen LogP contribution in [0.5, 0.6) is 0 Å². The lowest BCUT2D eigenvalue weighted by Gasteiger charge is -2.16. The average Bonchev–Trinajstić information content (AvgIpc) is 2.16. The van der Waals surface area contributed by atoms with Crippen molar-refractivity contribution in [1.82, 2.24) is 4.98 Å².